The van der Waals surface area contributed by atoms with E-state index in [1.54, 1.807) is 0 Å². The third-order valence-electron chi connectivity index (χ3n) is 6.23. The molecule has 3 heterocycles. The molecule has 2 aromatic heterocycles. The largest absolute Gasteiger partial charge is 0.383 e. The Morgan fingerprint density at radius 1 is 1.03 bits per heavy atom. The third-order valence-corrected chi connectivity index (χ3v) is 6.23. The fraction of sp³-hybridized carbons (Fsp3) is 0.308. The van der Waals surface area contributed by atoms with E-state index in [2.05, 4.69) is 32.4 Å². The van der Waals surface area contributed by atoms with Gasteiger partial charge in [0, 0.05) is 41.8 Å². The molecular formula is C26H30N8O2. The Kier molecular flexibility index (Phi) is 6.43. The van der Waals surface area contributed by atoms with Gasteiger partial charge in [-0.2, -0.15) is 5.10 Å². The standard InChI is InChI=1S/C26H30N8O2/c1-16(2)34-25-22(24(27)28-15-29-25)23(32-34)18-4-6-19(7-5-18)30-26(35)31-20-8-9-21(17(3)14-20)33-10-12-36-13-11-33/h4-9,14-16H,10-13H2,1-3H3,(H2,27,28,29)(H2,30,31,35). The number of aryl methyl sites for hydroxylation is 1. The van der Waals surface area contributed by atoms with Crippen molar-refractivity contribution < 1.29 is 9.53 Å². The Labute approximate surface area is 209 Å². The maximum Gasteiger partial charge on any atom is 0.323 e. The molecule has 2 aromatic carbocycles. The molecule has 5 rings (SSSR count). The highest BCUT2D eigenvalue weighted by atomic mass is 16.5. The van der Waals surface area contributed by atoms with Gasteiger partial charge in [0.1, 0.15) is 17.8 Å². The van der Waals surface area contributed by atoms with Gasteiger partial charge < -0.3 is 26.0 Å². The van der Waals surface area contributed by atoms with E-state index in [-0.39, 0.29) is 12.1 Å². The smallest absolute Gasteiger partial charge is 0.323 e. The van der Waals surface area contributed by atoms with Crippen molar-refractivity contribution in [3.05, 3.63) is 54.4 Å². The van der Waals surface area contributed by atoms with Crippen LogP contribution in [0.2, 0.25) is 0 Å². The Morgan fingerprint density at radius 2 is 1.72 bits per heavy atom. The zero-order chi connectivity index (χ0) is 25.2. The minimum absolute atomic E-state index is 0.117. The monoisotopic (exact) mass is 486 g/mol. The van der Waals surface area contributed by atoms with Gasteiger partial charge in [-0.15, -0.1) is 0 Å². The number of amides is 2. The first-order chi connectivity index (χ1) is 17.4. The number of fused-ring (bicyclic) bond motifs is 1. The van der Waals surface area contributed by atoms with Crippen LogP contribution in [0.25, 0.3) is 22.3 Å². The summed E-state index contributed by atoms with van der Waals surface area (Å²) in [6.45, 7) is 9.34. The summed E-state index contributed by atoms with van der Waals surface area (Å²) >= 11 is 0. The van der Waals surface area contributed by atoms with Crippen molar-refractivity contribution >= 4 is 39.9 Å². The summed E-state index contributed by atoms with van der Waals surface area (Å²) in [5.74, 6) is 0.387. The number of urea groups is 1. The Hall–Kier alpha value is -4.18. The lowest BCUT2D eigenvalue weighted by molar-refractivity contribution is 0.122. The van der Waals surface area contributed by atoms with Crippen LogP contribution in [0, 0.1) is 6.92 Å². The molecule has 0 radical (unpaired) electrons. The molecular weight excluding hydrogens is 456 g/mol. The topological polar surface area (TPSA) is 123 Å². The van der Waals surface area contributed by atoms with E-state index in [0.717, 1.165) is 48.5 Å². The highest BCUT2D eigenvalue weighted by Crippen LogP contribution is 2.32. The van der Waals surface area contributed by atoms with Crippen LogP contribution >= 0.6 is 0 Å². The van der Waals surface area contributed by atoms with E-state index >= 15 is 0 Å². The molecule has 1 aliphatic heterocycles. The normalized spacial score (nSPS) is 13.8. The molecule has 1 saturated heterocycles. The van der Waals surface area contributed by atoms with E-state index in [1.165, 1.54) is 12.0 Å². The minimum atomic E-state index is -0.312. The molecule has 1 fully saturated rings. The molecule has 186 valence electrons. The van der Waals surface area contributed by atoms with E-state index in [9.17, 15) is 4.79 Å². The summed E-state index contributed by atoms with van der Waals surface area (Å²) in [5, 5.41) is 11.3. The lowest BCUT2D eigenvalue weighted by Gasteiger charge is -2.30. The Bertz CT molecular complexity index is 1390. The average Bonchev–Trinajstić information content (AvgIpc) is 3.26. The molecule has 4 aromatic rings. The first kappa shape index (κ1) is 23.6. The van der Waals surface area contributed by atoms with Crippen LogP contribution in [0.3, 0.4) is 0 Å². The van der Waals surface area contributed by atoms with E-state index in [0.29, 0.717) is 22.8 Å². The van der Waals surface area contributed by atoms with Crippen LogP contribution in [0.5, 0.6) is 0 Å². The van der Waals surface area contributed by atoms with Crippen molar-refractivity contribution in [1.29, 1.82) is 0 Å². The molecule has 10 nitrogen and oxygen atoms in total. The van der Waals surface area contributed by atoms with Crippen molar-refractivity contribution in [2.24, 2.45) is 0 Å². The number of anilines is 4. The minimum Gasteiger partial charge on any atom is -0.383 e. The highest BCUT2D eigenvalue weighted by molar-refractivity contribution is 6.01. The van der Waals surface area contributed by atoms with Crippen molar-refractivity contribution in [3.8, 4) is 11.3 Å². The predicted molar refractivity (Wildman–Crippen MR) is 142 cm³/mol. The third kappa shape index (κ3) is 4.67. The number of ether oxygens (including phenoxy) is 1. The summed E-state index contributed by atoms with van der Waals surface area (Å²) in [5.41, 5.74) is 12.1. The zero-order valence-corrected chi connectivity index (χ0v) is 20.7. The first-order valence-electron chi connectivity index (χ1n) is 12.0. The number of carbonyl (C=O) groups is 1. The molecule has 0 unspecified atom stereocenters. The highest BCUT2D eigenvalue weighted by Gasteiger charge is 2.18. The van der Waals surface area contributed by atoms with Crippen LogP contribution < -0.4 is 21.3 Å². The number of nitrogen functional groups attached to an aromatic ring is 1. The van der Waals surface area contributed by atoms with Gasteiger partial charge in [-0.05, 0) is 56.7 Å². The SMILES string of the molecule is Cc1cc(NC(=O)Nc2ccc(-c3nn(C(C)C)c4ncnc(N)c34)cc2)ccc1N1CCOCC1. The summed E-state index contributed by atoms with van der Waals surface area (Å²) in [7, 11) is 0. The summed E-state index contributed by atoms with van der Waals surface area (Å²) in [6.07, 6.45) is 1.45. The van der Waals surface area contributed by atoms with Gasteiger partial charge in [-0.1, -0.05) is 12.1 Å². The molecule has 4 N–H and O–H groups in total. The van der Waals surface area contributed by atoms with Crippen LogP contribution in [-0.4, -0.2) is 52.1 Å². The number of hydrogen-bond donors (Lipinski definition) is 3. The molecule has 2 amide bonds. The number of nitrogens with zero attached hydrogens (tertiary/aromatic N) is 5. The van der Waals surface area contributed by atoms with E-state index < -0.39 is 0 Å². The number of benzene rings is 2. The van der Waals surface area contributed by atoms with Crippen LogP contribution in [0.4, 0.5) is 27.7 Å². The van der Waals surface area contributed by atoms with Gasteiger partial charge in [-0.25, -0.2) is 19.4 Å². The Balaban J connectivity index is 1.29. The van der Waals surface area contributed by atoms with E-state index in [4.69, 9.17) is 15.6 Å². The average molecular weight is 487 g/mol. The summed E-state index contributed by atoms with van der Waals surface area (Å²) in [4.78, 5) is 23.5. The number of carbonyl (C=O) groups excluding carboxylic acids is 1. The lowest BCUT2D eigenvalue weighted by Crippen LogP contribution is -2.36. The second kappa shape index (κ2) is 9.82. The second-order valence-electron chi connectivity index (χ2n) is 9.10. The lowest BCUT2D eigenvalue weighted by atomic mass is 10.1. The number of rotatable bonds is 5. The maximum atomic E-state index is 12.6. The quantitative estimate of drug-likeness (QED) is 0.381. The van der Waals surface area contributed by atoms with Gasteiger partial charge in [0.2, 0.25) is 0 Å². The van der Waals surface area contributed by atoms with Crippen LogP contribution in [0.15, 0.2) is 48.8 Å². The molecule has 0 saturated carbocycles. The summed E-state index contributed by atoms with van der Waals surface area (Å²) in [6, 6.07) is 13.2. The fourth-order valence-electron chi connectivity index (χ4n) is 4.45. The number of hydrogen-bond acceptors (Lipinski definition) is 7. The molecule has 10 heteroatoms. The number of nitrogens with two attached hydrogens (primary N) is 1. The van der Waals surface area contributed by atoms with Crippen molar-refractivity contribution in [2.45, 2.75) is 26.8 Å². The predicted octanol–water partition coefficient (Wildman–Crippen LogP) is 4.45. The van der Waals surface area contributed by atoms with E-state index in [1.807, 2.05) is 61.0 Å². The van der Waals surface area contributed by atoms with Gasteiger partial charge in [0.25, 0.3) is 0 Å². The van der Waals surface area contributed by atoms with Gasteiger partial charge in [0.15, 0.2) is 5.65 Å². The molecule has 0 spiro atoms. The molecule has 1 aliphatic rings. The molecule has 0 aliphatic carbocycles. The first-order valence-corrected chi connectivity index (χ1v) is 12.0. The van der Waals surface area contributed by atoms with Crippen LogP contribution in [-0.2, 0) is 4.74 Å². The van der Waals surface area contributed by atoms with Gasteiger partial charge in [-0.3, -0.25) is 0 Å². The molecule has 36 heavy (non-hydrogen) atoms. The van der Waals surface area contributed by atoms with Crippen LogP contribution in [0.1, 0.15) is 25.5 Å². The fourth-order valence-corrected chi connectivity index (χ4v) is 4.45. The summed E-state index contributed by atoms with van der Waals surface area (Å²) < 4.78 is 7.28. The maximum absolute atomic E-state index is 12.6. The Morgan fingerprint density at radius 3 is 2.42 bits per heavy atom. The zero-order valence-electron chi connectivity index (χ0n) is 20.7. The number of aromatic nitrogens is 4. The van der Waals surface area contributed by atoms with Crippen molar-refractivity contribution in [1.82, 2.24) is 19.7 Å². The molecule has 0 bridgehead atoms. The molecule has 0 atom stereocenters. The second-order valence-corrected chi connectivity index (χ2v) is 9.10. The van der Waals surface area contributed by atoms with Crippen molar-refractivity contribution in [2.75, 3.05) is 47.6 Å². The van der Waals surface area contributed by atoms with Gasteiger partial charge >= 0.3 is 6.03 Å². The number of morpholine rings is 1. The van der Waals surface area contributed by atoms with Crippen molar-refractivity contribution in [3.63, 3.8) is 0 Å². The number of nitrogens with one attached hydrogen (secondary N) is 2. The van der Waals surface area contributed by atoms with Gasteiger partial charge in [0.05, 0.1) is 18.6 Å².